The first-order valence-electron chi connectivity index (χ1n) is 1.64. The van der Waals surface area contributed by atoms with Gasteiger partial charge in [-0.1, -0.05) is 0 Å². The second-order valence-electron chi connectivity index (χ2n) is 0.686. The molecule has 2 unspecified atom stereocenters. The highest BCUT2D eigenvalue weighted by Crippen LogP contribution is 2.30. The van der Waals surface area contributed by atoms with Crippen molar-refractivity contribution in [2.45, 2.75) is 0 Å². The Morgan fingerprint density at radius 1 is 1.40 bits per heavy atom. The number of hydrogen-bond donors (Lipinski definition) is 3. The lowest BCUT2D eigenvalue weighted by molar-refractivity contribution is 0.371. The van der Waals surface area contributed by atoms with E-state index in [9.17, 15) is 9.13 Å². The molecule has 0 bridgehead atoms. The van der Waals surface area contributed by atoms with E-state index in [2.05, 4.69) is 10.0 Å². The van der Waals surface area contributed by atoms with Gasteiger partial charge in [0.1, 0.15) is 0 Å². The van der Waals surface area contributed by atoms with Crippen LogP contribution in [-0.4, -0.2) is 9.79 Å². The van der Waals surface area contributed by atoms with E-state index in [1.807, 2.05) is 0 Å². The minimum Gasteiger partial charge on any atom is -0.337 e. The number of rotatable bonds is 2. The molecule has 7 nitrogen and oxygen atoms in total. The van der Waals surface area contributed by atoms with Crippen molar-refractivity contribution < 1.29 is 23.2 Å². The molecule has 0 heterocycles. The van der Waals surface area contributed by atoms with E-state index < -0.39 is 16.5 Å². The first-order valence-corrected chi connectivity index (χ1v) is 3.90. The highest BCUT2D eigenvalue weighted by Gasteiger charge is 2.31. The molecule has 0 amide bonds. The Hall–Kier alpha value is -0.630. The summed E-state index contributed by atoms with van der Waals surface area (Å²) in [5.41, 5.74) is 4.15. The molecule has 0 rings (SSSR count). The summed E-state index contributed by atoms with van der Waals surface area (Å²) in [4.78, 5) is 15.3. The van der Waals surface area contributed by atoms with Gasteiger partial charge in [-0.05, 0) is 0 Å². The highest BCUT2D eigenvalue weighted by atomic mass is 31.2. The average molecular weight is 186 g/mol. The number of nitrogens with zero attached hydrogens (tertiary/aromatic N) is 1. The van der Waals surface area contributed by atoms with Crippen LogP contribution in [0.1, 0.15) is 0 Å². The predicted octanol–water partition coefficient (Wildman–Crippen LogP) is -0.271. The molecule has 4 N–H and O–H groups in total. The molecule has 0 saturated heterocycles. The third kappa shape index (κ3) is 26.3. The third-order valence-corrected chi connectivity index (χ3v) is 1.26. The lowest BCUT2D eigenvalue weighted by Crippen LogP contribution is -1.69. The number of nitriles is 1. The first kappa shape index (κ1) is 12.1. The fraction of sp³-hybridized carbons (Fsp3) is 0. The van der Waals surface area contributed by atoms with Gasteiger partial charge in [0.25, 0.3) is 0 Å². The summed E-state index contributed by atoms with van der Waals surface area (Å²) in [6.07, 6.45) is 1.25. The Morgan fingerprint density at radius 3 is 1.60 bits per heavy atom. The standard InChI is InChI=1S/CH2N2.O5P2/c2-1-3;1-6(2)5-7(3)4/h2H2;/p+2. The Kier molecular flexibility index (Phi) is 10.1. The monoisotopic (exact) mass is 186 g/mol. The van der Waals surface area contributed by atoms with Crippen molar-refractivity contribution in [1.29, 1.82) is 5.26 Å². The van der Waals surface area contributed by atoms with E-state index in [0.29, 0.717) is 0 Å². The fourth-order valence-corrected chi connectivity index (χ4v) is 0.538. The van der Waals surface area contributed by atoms with E-state index >= 15 is 0 Å². The summed E-state index contributed by atoms with van der Waals surface area (Å²) < 4.78 is 22.2. The lowest BCUT2D eigenvalue weighted by atomic mass is 11.5. The molecule has 0 saturated carbocycles. The van der Waals surface area contributed by atoms with Crippen LogP contribution in [0.5, 0.6) is 0 Å². The molecule has 0 aromatic carbocycles. The zero-order valence-corrected chi connectivity index (χ0v) is 6.33. The van der Waals surface area contributed by atoms with Gasteiger partial charge in [-0.2, -0.15) is 5.26 Å². The molecule has 0 radical (unpaired) electrons. The summed E-state index contributed by atoms with van der Waals surface area (Å²) in [6.45, 7) is 0. The van der Waals surface area contributed by atoms with E-state index in [1.54, 1.807) is 0 Å². The van der Waals surface area contributed by atoms with Crippen molar-refractivity contribution in [2.24, 2.45) is 5.73 Å². The maximum absolute atomic E-state index is 9.39. The molecular weight excluding hydrogens is 182 g/mol. The Morgan fingerprint density at radius 2 is 1.60 bits per heavy atom. The van der Waals surface area contributed by atoms with Crippen LogP contribution in [0, 0.1) is 11.5 Å². The molecule has 10 heavy (non-hydrogen) atoms. The zero-order chi connectivity index (χ0) is 8.57. The summed E-state index contributed by atoms with van der Waals surface area (Å²) in [5, 5.41) is 7.10. The van der Waals surface area contributed by atoms with Gasteiger partial charge in [0, 0.05) is 9.13 Å². The van der Waals surface area contributed by atoms with Crippen molar-refractivity contribution in [2.75, 3.05) is 0 Å². The van der Waals surface area contributed by atoms with Crippen molar-refractivity contribution >= 4 is 16.5 Å². The highest BCUT2D eigenvalue weighted by molar-refractivity contribution is 7.46. The summed E-state index contributed by atoms with van der Waals surface area (Å²) in [7, 11) is -5.85. The van der Waals surface area contributed by atoms with Gasteiger partial charge in [-0.3, -0.25) is 0 Å². The van der Waals surface area contributed by atoms with Gasteiger partial charge in [-0.25, -0.2) is 0 Å². The van der Waals surface area contributed by atoms with Crippen LogP contribution in [-0.2, 0) is 13.4 Å². The smallest absolute Gasteiger partial charge is 0.337 e. The van der Waals surface area contributed by atoms with Crippen molar-refractivity contribution in [1.82, 2.24) is 0 Å². The van der Waals surface area contributed by atoms with Gasteiger partial charge in [0.2, 0.25) is 0 Å². The maximum Gasteiger partial charge on any atom is 0.745 e. The molecule has 2 atom stereocenters. The van der Waals surface area contributed by atoms with Crippen LogP contribution in [0.2, 0.25) is 0 Å². The predicted molar refractivity (Wildman–Crippen MR) is 30.5 cm³/mol. The van der Waals surface area contributed by atoms with Gasteiger partial charge in [0.05, 0.1) is 0 Å². The van der Waals surface area contributed by atoms with Gasteiger partial charge < -0.3 is 5.73 Å². The largest absolute Gasteiger partial charge is 0.745 e. The second-order valence-corrected chi connectivity index (χ2v) is 2.29. The van der Waals surface area contributed by atoms with Crippen molar-refractivity contribution in [3.05, 3.63) is 0 Å². The first-order chi connectivity index (χ1) is 4.54. The van der Waals surface area contributed by atoms with Gasteiger partial charge >= 0.3 is 16.5 Å². The Labute approximate surface area is 57.9 Å². The van der Waals surface area contributed by atoms with Crippen LogP contribution >= 0.6 is 16.5 Å². The molecule has 56 valence electrons. The normalized spacial score (nSPS) is 10.1. The quantitative estimate of drug-likeness (QED) is 0.307. The molecule has 9 heteroatoms. The molecular formula is CH4N2O5P2+2. The average Bonchev–Trinajstić information content (AvgIpc) is 1.62. The third-order valence-electron chi connectivity index (χ3n) is 0.140. The molecule has 0 aromatic heterocycles. The van der Waals surface area contributed by atoms with Crippen molar-refractivity contribution in [3.8, 4) is 6.19 Å². The summed E-state index contributed by atoms with van der Waals surface area (Å²) >= 11 is 0. The van der Waals surface area contributed by atoms with Gasteiger partial charge in [-0.15, -0.1) is 9.79 Å². The molecule has 0 spiro atoms. The maximum atomic E-state index is 9.39. The van der Waals surface area contributed by atoms with Crippen LogP contribution < -0.4 is 5.73 Å². The van der Waals surface area contributed by atoms with E-state index in [4.69, 9.17) is 15.0 Å². The van der Waals surface area contributed by atoms with E-state index in [0.717, 1.165) is 0 Å². The second kappa shape index (κ2) is 8.37. The Balaban J connectivity index is 0. The van der Waals surface area contributed by atoms with Crippen LogP contribution in [0.15, 0.2) is 0 Å². The summed E-state index contributed by atoms with van der Waals surface area (Å²) in [5.74, 6) is 0. The topological polar surface area (TPSA) is 134 Å². The lowest BCUT2D eigenvalue weighted by Gasteiger charge is -1.50. The molecule has 0 aromatic rings. The molecule has 0 aliphatic carbocycles. The zero-order valence-electron chi connectivity index (χ0n) is 4.54. The minimum atomic E-state index is -2.92. The van der Waals surface area contributed by atoms with E-state index in [1.165, 1.54) is 6.19 Å². The fourth-order valence-electron chi connectivity index (χ4n) is 0.0598. The minimum absolute atomic E-state index is 1.25. The van der Waals surface area contributed by atoms with Crippen molar-refractivity contribution in [3.63, 3.8) is 0 Å². The van der Waals surface area contributed by atoms with Crippen LogP contribution in [0.3, 0.4) is 0 Å². The number of nitrogens with two attached hydrogens (primary N) is 1. The Bertz CT molecular complexity index is 150. The van der Waals surface area contributed by atoms with Crippen LogP contribution in [0.25, 0.3) is 0 Å². The summed E-state index contributed by atoms with van der Waals surface area (Å²) in [6, 6.07) is 0. The van der Waals surface area contributed by atoms with E-state index in [-0.39, 0.29) is 0 Å². The molecule has 0 aliphatic rings. The van der Waals surface area contributed by atoms with Crippen LogP contribution in [0.4, 0.5) is 0 Å². The van der Waals surface area contributed by atoms with Gasteiger partial charge in [0.15, 0.2) is 10.5 Å². The molecule has 0 fully saturated rings. The SMILES string of the molecule is N#CN.O=[P+](O)O[P+](=O)O. The number of hydrogen-bond acceptors (Lipinski definition) is 5. The molecule has 0 aliphatic heterocycles.